The quantitative estimate of drug-likeness (QED) is 0.741. The number of halogens is 1. The molecule has 3 heteroatoms. The lowest BCUT2D eigenvalue weighted by Crippen LogP contribution is -2.37. The van der Waals surface area contributed by atoms with Gasteiger partial charge in [0.2, 0.25) is 0 Å². The van der Waals surface area contributed by atoms with Crippen LogP contribution in [0.15, 0.2) is 48.5 Å². The molecule has 0 aliphatic carbocycles. The highest BCUT2D eigenvalue weighted by atomic mass is 127. The summed E-state index contributed by atoms with van der Waals surface area (Å²) in [5, 5.41) is 3.64. The fraction of sp³-hybridized carbons (Fsp3) is 0.294. The molecule has 0 fully saturated rings. The Morgan fingerprint density at radius 3 is 2.55 bits per heavy atom. The van der Waals surface area contributed by atoms with Crippen molar-refractivity contribution in [2.45, 2.75) is 31.9 Å². The molecule has 2 aromatic carbocycles. The molecular weight excluding hydrogens is 361 g/mol. The van der Waals surface area contributed by atoms with Crippen molar-refractivity contribution in [3.63, 3.8) is 0 Å². The van der Waals surface area contributed by atoms with Crippen LogP contribution in [0.5, 0.6) is 5.75 Å². The Bertz CT molecular complexity index is 607. The molecule has 0 saturated carbocycles. The Balaban J connectivity index is 1.90. The van der Waals surface area contributed by atoms with E-state index in [1.54, 1.807) is 0 Å². The summed E-state index contributed by atoms with van der Waals surface area (Å²) in [4.78, 5) is 0. The number of nitrogens with one attached hydrogen (secondary N) is 1. The van der Waals surface area contributed by atoms with Crippen molar-refractivity contribution in [2.75, 3.05) is 5.32 Å². The monoisotopic (exact) mass is 379 g/mol. The molecule has 0 saturated heterocycles. The molecule has 0 radical (unpaired) electrons. The number of ether oxygens (including phenoxy) is 1. The van der Waals surface area contributed by atoms with Gasteiger partial charge in [-0.25, -0.2) is 0 Å². The largest absolute Gasteiger partial charge is 0.487 e. The van der Waals surface area contributed by atoms with Gasteiger partial charge in [-0.15, -0.1) is 0 Å². The Morgan fingerprint density at radius 2 is 1.80 bits per heavy atom. The molecule has 1 heterocycles. The van der Waals surface area contributed by atoms with Gasteiger partial charge >= 0.3 is 0 Å². The molecular formula is C17H18INO. The van der Waals surface area contributed by atoms with Crippen LogP contribution in [0.25, 0.3) is 0 Å². The van der Waals surface area contributed by atoms with Gasteiger partial charge in [0.15, 0.2) is 0 Å². The van der Waals surface area contributed by atoms with Gasteiger partial charge in [0.25, 0.3) is 0 Å². The van der Waals surface area contributed by atoms with Crippen LogP contribution in [0.2, 0.25) is 0 Å². The summed E-state index contributed by atoms with van der Waals surface area (Å²) in [5.74, 6) is 0.992. The third kappa shape index (κ3) is 2.92. The predicted molar refractivity (Wildman–Crippen MR) is 91.3 cm³/mol. The molecule has 3 rings (SSSR count). The van der Waals surface area contributed by atoms with Crippen molar-refractivity contribution >= 4 is 28.3 Å². The van der Waals surface area contributed by atoms with Gasteiger partial charge < -0.3 is 10.1 Å². The zero-order chi connectivity index (χ0) is 14.2. The maximum absolute atomic E-state index is 6.07. The van der Waals surface area contributed by atoms with E-state index < -0.39 is 0 Å². The molecule has 0 amide bonds. The highest BCUT2D eigenvalue weighted by molar-refractivity contribution is 14.1. The van der Waals surface area contributed by atoms with E-state index in [1.807, 2.05) is 6.07 Å². The molecule has 1 unspecified atom stereocenters. The average molecular weight is 379 g/mol. The SMILES string of the molecule is CC1(C)CC(Nc2ccc(I)cc2)c2ccccc2O1. The Kier molecular flexibility index (Phi) is 3.63. The van der Waals surface area contributed by atoms with E-state index in [0.29, 0.717) is 0 Å². The van der Waals surface area contributed by atoms with Crippen LogP contribution >= 0.6 is 22.6 Å². The van der Waals surface area contributed by atoms with E-state index in [2.05, 4.69) is 84.2 Å². The van der Waals surface area contributed by atoms with Gasteiger partial charge in [-0.2, -0.15) is 0 Å². The molecule has 2 nitrogen and oxygen atoms in total. The number of para-hydroxylation sites is 1. The minimum absolute atomic E-state index is 0.144. The first-order valence-electron chi connectivity index (χ1n) is 6.84. The molecule has 0 spiro atoms. The molecule has 1 atom stereocenters. The second-order valence-corrected chi connectivity index (χ2v) is 7.05. The lowest BCUT2D eigenvalue weighted by atomic mass is 9.89. The Labute approximate surface area is 133 Å². The molecule has 1 aliphatic rings. The van der Waals surface area contributed by atoms with E-state index in [4.69, 9.17) is 4.74 Å². The van der Waals surface area contributed by atoms with Crippen LogP contribution in [0.3, 0.4) is 0 Å². The van der Waals surface area contributed by atoms with Gasteiger partial charge in [0.1, 0.15) is 11.4 Å². The van der Waals surface area contributed by atoms with E-state index >= 15 is 0 Å². The molecule has 0 aromatic heterocycles. The third-order valence-electron chi connectivity index (χ3n) is 3.56. The first kappa shape index (κ1) is 13.7. The first-order valence-corrected chi connectivity index (χ1v) is 7.91. The van der Waals surface area contributed by atoms with Crippen molar-refractivity contribution in [2.24, 2.45) is 0 Å². The maximum Gasteiger partial charge on any atom is 0.125 e. The third-order valence-corrected chi connectivity index (χ3v) is 4.28. The van der Waals surface area contributed by atoms with Crippen LogP contribution < -0.4 is 10.1 Å². The normalized spacial score (nSPS) is 19.9. The topological polar surface area (TPSA) is 21.3 Å². The van der Waals surface area contributed by atoms with Crippen LogP contribution in [0.4, 0.5) is 5.69 Å². The van der Waals surface area contributed by atoms with Crippen molar-refractivity contribution in [3.05, 3.63) is 57.7 Å². The summed E-state index contributed by atoms with van der Waals surface area (Å²) in [5.41, 5.74) is 2.25. The van der Waals surface area contributed by atoms with Crippen LogP contribution in [0, 0.1) is 3.57 Å². The summed E-state index contributed by atoms with van der Waals surface area (Å²) >= 11 is 2.33. The lowest BCUT2D eigenvalue weighted by Gasteiger charge is -2.38. The molecule has 0 bridgehead atoms. The van der Waals surface area contributed by atoms with E-state index in [-0.39, 0.29) is 11.6 Å². The number of rotatable bonds is 2. The van der Waals surface area contributed by atoms with Gasteiger partial charge in [0, 0.05) is 21.2 Å². The molecule has 20 heavy (non-hydrogen) atoms. The van der Waals surface area contributed by atoms with Crippen LogP contribution in [0.1, 0.15) is 31.9 Å². The predicted octanol–water partition coefficient (Wildman–Crippen LogP) is 5.01. The van der Waals surface area contributed by atoms with Gasteiger partial charge in [-0.3, -0.25) is 0 Å². The van der Waals surface area contributed by atoms with E-state index in [1.165, 1.54) is 9.13 Å². The minimum atomic E-state index is -0.144. The Hall–Kier alpha value is -1.23. The highest BCUT2D eigenvalue weighted by Gasteiger charge is 2.33. The van der Waals surface area contributed by atoms with Crippen molar-refractivity contribution in [1.29, 1.82) is 0 Å². The average Bonchev–Trinajstić information content (AvgIpc) is 2.40. The number of hydrogen-bond acceptors (Lipinski definition) is 2. The fourth-order valence-electron chi connectivity index (χ4n) is 2.68. The molecule has 1 N–H and O–H groups in total. The standard InChI is InChI=1S/C17H18INO/c1-17(2)11-15(14-5-3-4-6-16(14)20-17)19-13-9-7-12(18)8-10-13/h3-10,15,19H,11H2,1-2H3. The second-order valence-electron chi connectivity index (χ2n) is 5.81. The summed E-state index contributed by atoms with van der Waals surface area (Å²) < 4.78 is 7.32. The minimum Gasteiger partial charge on any atom is -0.487 e. The number of hydrogen-bond donors (Lipinski definition) is 1. The summed E-state index contributed by atoms with van der Waals surface area (Å²) in [6.07, 6.45) is 0.954. The number of anilines is 1. The zero-order valence-corrected chi connectivity index (χ0v) is 13.8. The van der Waals surface area contributed by atoms with Gasteiger partial charge in [0.05, 0.1) is 6.04 Å². The van der Waals surface area contributed by atoms with Crippen molar-refractivity contribution in [3.8, 4) is 5.75 Å². The number of fused-ring (bicyclic) bond motifs is 1. The zero-order valence-electron chi connectivity index (χ0n) is 11.7. The smallest absolute Gasteiger partial charge is 0.125 e. The summed E-state index contributed by atoms with van der Waals surface area (Å²) in [6, 6.07) is 17.1. The van der Waals surface area contributed by atoms with Crippen LogP contribution in [-0.4, -0.2) is 5.60 Å². The van der Waals surface area contributed by atoms with Gasteiger partial charge in [-0.1, -0.05) is 18.2 Å². The van der Waals surface area contributed by atoms with Gasteiger partial charge in [-0.05, 0) is 66.8 Å². The van der Waals surface area contributed by atoms with Crippen molar-refractivity contribution in [1.82, 2.24) is 0 Å². The van der Waals surface area contributed by atoms with Crippen LogP contribution in [-0.2, 0) is 0 Å². The molecule has 2 aromatic rings. The maximum atomic E-state index is 6.07. The summed E-state index contributed by atoms with van der Waals surface area (Å²) in [6.45, 7) is 4.29. The first-order chi connectivity index (χ1) is 9.53. The number of benzene rings is 2. The molecule has 1 aliphatic heterocycles. The summed E-state index contributed by atoms with van der Waals surface area (Å²) in [7, 11) is 0. The lowest BCUT2D eigenvalue weighted by molar-refractivity contribution is 0.0759. The van der Waals surface area contributed by atoms with E-state index in [9.17, 15) is 0 Å². The molecule has 104 valence electrons. The fourth-order valence-corrected chi connectivity index (χ4v) is 3.04. The second kappa shape index (κ2) is 5.28. The van der Waals surface area contributed by atoms with Crippen molar-refractivity contribution < 1.29 is 4.74 Å². The Morgan fingerprint density at radius 1 is 1.10 bits per heavy atom. The van der Waals surface area contributed by atoms with E-state index in [0.717, 1.165) is 17.9 Å². The highest BCUT2D eigenvalue weighted by Crippen LogP contribution is 2.40.